The second-order valence-electron chi connectivity index (χ2n) is 8.52. The molecule has 5 rings (SSSR count). The van der Waals surface area contributed by atoms with Gasteiger partial charge in [-0.25, -0.2) is 9.29 Å². The number of H-pyrrole nitrogens is 1. The van der Waals surface area contributed by atoms with Gasteiger partial charge in [0.15, 0.2) is 0 Å². The summed E-state index contributed by atoms with van der Waals surface area (Å²) < 4.78 is 16.7. The number of fused-ring (bicyclic) bond motifs is 1. The van der Waals surface area contributed by atoms with E-state index in [1.54, 1.807) is 23.3 Å². The molecule has 2 aliphatic rings. The number of aromatic nitrogens is 4. The molecule has 9 heteroatoms. The summed E-state index contributed by atoms with van der Waals surface area (Å²) >= 11 is 0. The predicted molar refractivity (Wildman–Crippen MR) is 115 cm³/mol. The third-order valence-electron chi connectivity index (χ3n) is 6.56. The first-order chi connectivity index (χ1) is 14.3. The van der Waals surface area contributed by atoms with Crippen LogP contribution in [0, 0.1) is 22.7 Å². The van der Waals surface area contributed by atoms with E-state index in [1.165, 1.54) is 0 Å². The number of nitrogens with one attached hydrogen (secondary N) is 1. The van der Waals surface area contributed by atoms with Gasteiger partial charge in [0.1, 0.15) is 17.3 Å². The Morgan fingerprint density at radius 2 is 2.10 bits per heavy atom. The van der Waals surface area contributed by atoms with Crippen LogP contribution in [-0.2, 0) is 15.2 Å². The Morgan fingerprint density at radius 3 is 2.77 bits per heavy atom. The molecule has 152 valence electrons. The van der Waals surface area contributed by atoms with Gasteiger partial charge in [-0.05, 0) is 31.7 Å². The van der Waals surface area contributed by atoms with Gasteiger partial charge in [-0.1, -0.05) is 0 Å². The fraction of sp³-hybridized carbons (Fsp3) is 0.381. The van der Waals surface area contributed by atoms with Crippen molar-refractivity contribution in [2.45, 2.75) is 36.5 Å². The molecule has 0 spiro atoms. The number of nitriles is 2. The molecule has 1 aliphatic heterocycles. The minimum absolute atomic E-state index is 0.223. The molecule has 1 atom stereocenters. The summed E-state index contributed by atoms with van der Waals surface area (Å²) in [7, 11) is -2.38. The monoisotopic (exact) mass is 419 g/mol. The molecular weight excluding hydrogens is 398 g/mol. The van der Waals surface area contributed by atoms with E-state index in [-0.39, 0.29) is 11.2 Å². The van der Waals surface area contributed by atoms with Gasteiger partial charge in [0.2, 0.25) is 0 Å². The molecule has 2 fully saturated rings. The lowest BCUT2D eigenvalue weighted by Crippen LogP contribution is -2.65. The summed E-state index contributed by atoms with van der Waals surface area (Å²) in [5.41, 5.74) is 2.18. The average molecular weight is 420 g/mol. The van der Waals surface area contributed by atoms with E-state index in [4.69, 9.17) is 0 Å². The topological polar surface area (TPSA) is 114 Å². The maximum absolute atomic E-state index is 13.3. The van der Waals surface area contributed by atoms with Crippen LogP contribution in [0.5, 0.6) is 0 Å². The zero-order valence-corrected chi connectivity index (χ0v) is 17.4. The van der Waals surface area contributed by atoms with Crippen molar-refractivity contribution in [3.8, 4) is 23.3 Å². The maximum atomic E-state index is 13.3. The molecule has 1 N–H and O–H groups in total. The van der Waals surface area contributed by atoms with Crippen LogP contribution in [0.2, 0.25) is 0 Å². The van der Waals surface area contributed by atoms with E-state index in [2.05, 4.69) is 33.1 Å². The van der Waals surface area contributed by atoms with Crippen molar-refractivity contribution in [1.82, 2.24) is 24.1 Å². The van der Waals surface area contributed by atoms with E-state index in [9.17, 15) is 14.7 Å². The van der Waals surface area contributed by atoms with Gasteiger partial charge < -0.3 is 4.98 Å². The third-order valence-corrected chi connectivity index (χ3v) is 9.60. The number of hydrogen-bond donors (Lipinski definition) is 1. The van der Waals surface area contributed by atoms with E-state index >= 15 is 0 Å². The minimum Gasteiger partial charge on any atom is -0.346 e. The first-order valence-electron chi connectivity index (χ1n) is 9.74. The van der Waals surface area contributed by atoms with Crippen LogP contribution >= 0.6 is 0 Å². The molecule has 0 radical (unpaired) electrons. The lowest BCUT2D eigenvalue weighted by molar-refractivity contribution is 0.0749. The average Bonchev–Trinajstić information content (AvgIpc) is 3.10. The Kier molecular flexibility index (Phi) is 3.88. The third kappa shape index (κ3) is 2.53. The molecule has 8 nitrogen and oxygen atoms in total. The van der Waals surface area contributed by atoms with Crippen molar-refractivity contribution in [3.63, 3.8) is 0 Å². The zero-order chi connectivity index (χ0) is 21.1. The molecule has 0 amide bonds. The highest BCUT2D eigenvalue weighted by Crippen LogP contribution is 2.48. The molecule has 3 aromatic heterocycles. The van der Waals surface area contributed by atoms with Crippen LogP contribution in [0.25, 0.3) is 22.2 Å². The van der Waals surface area contributed by atoms with Crippen LogP contribution in [-0.4, -0.2) is 52.0 Å². The quantitative estimate of drug-likeness (QED) is 0.638. The fourth-order valence-electron chi connectivity index (χ4n) is 4.23. The van der Waals surface area contributed by atoms with Gasteiger partial charge in [0, 0.05) is 62.6 Å². The Labute approximate surface area is 174 Å². The number of hydrogen-bond acceptors (Lipinski definition) is 5. The second kappa shape index (κ2) is 6.18. The van der Waals surface area contributed by atoms with Gasteiger partial charge in [-0.15, -0.1) is 0 Å². The molecule has 3 aromatic rings. The Morgan fingerprint density at radius 1 is 1.33 bits per heavy atom. The van der Waals surface area contributed by atoms with Crippen molar-refractivity contribution in [2.75, 3.05) is 13.1 Å². The Bertz CT molecular complexity index is 1340. The van der Waals surface area contributed by atoms with Crippen LogP contribution in [0.15, 0.2) is 30.9 Å². The van der Waals surface area contributed by atoms with Crippen LogP contribution < -0.4 is 0 Å². The van der Waals surface area contributed by atoms with Crippen molar-refractivity contribution in [2.24, 2.45) is 0 Å². The van der Waals surface area contributed by atoms with Crippen molar-refractivity contribution >= 4 is 26.6 Å². The lowest BCUT2D eigenvalue weighted by atomic mass is 9.89. The van der Waals surface area contributed by atoms with E-state index < -0.39 is 15.2 Å². The first kappa shape index (κ1) is 18.9. The summed E-state index contributed by atoms with van der Waals surface area (Å²) in [5, 5.41) is 24.4. The summed E-state index contributed by atoms with van der Waals surface area (Å²) in [6, 6.07) is 6.36. The summed E-state index contributed by atoms with van der Waals surface area (Å²) in [5.74, 6) is 4.04. The largest absolute Gasteiger partial charge is 0.346 e. The normalized spacial score (nSPS) is 21.3. The number of aromatic amines is 1. The number of nitrogens with zero attached hydrogens (tertiary/aromatic N) is 6. The molecule has 0 aromatic carbocycles. The van der Waals surface area contributed by atoms with Crippen LogP contribution in [0.1, 0.15) is 31.7 Å². The van der Waals surface area contributed by atoms with Crippen molar-refractivity contribution in [3.05, 3.63) is 36.4 Å². The van der Waals surface area contributed by atoms with E-state index in [0.717, 1.165) is 29.4 Å². The van der Waals surface area contributed by atoms with Gasteiger partial charge >= 0.3 is 0 Å². The van der Waals surface area contributed by atoms with Gasteiger partial charge in [-0.2, -0.15) is 15.6 Å². The van der Waals surface area contributed by atoms with Crippen molar-refractivity contribution in [1.29, 1.82) is 10.5 Å². The van der Waals surface area contributed by atoms with E-state index in [0.29, 0.717) is 24.3 Å². The van der Waals surface area contributed by atoms with Gasteiger partial charge in [0.25, 0.3) is 0 Å². The maximum Gasteiger partial charge on any atom is 0.137 e. The Hall–Kier alpha value is -3.14. The highest BCUT2D eigenvalue weighted by molar-refractivity contribution is 7.99. The minimum atomic E-state index is -2.38. The van der Waals surface area contributed by atoms with Crippen LogP contribution in [0.4, 0.5) is 0 Å². The first-order valence-corrected chi connectivity index (χ1v) is 11.4. The fourth-order valence-corrected chi connectivity index (χ4v) is 6.49. The summed E-state index contributed by atoms with van der Waals surface area (Å²) in [6.07, 6.45) is 9.04. The second-order valence-corrected chi connectivity index (χ2v) is 11.3. The van der Waals surface area contributed by atoms with Gasteiger partial charge in [0.05, 0.1) is 24.3 Å². The summed E-state index contributed by atoms with van der Waals surface area (Å²) in [6.45, 7) is 2.97. The van der Waals surface area contributed by atoms with Crippen molar-refractivity contribution < 1.29 is 4.21 Å². The standard InChI is InChI=1S/C21H21N7OS/c1-20(4-5-20)30(2,29)27-13-21(14-27,6-7-22)28-12-16(11-26-28)18-15(9-23)10-25-19-17(18)3-8-24-19/h3,8,10-12H,2,4-6,13-14H2,1H3,(H,24,25). The number of pyridine rings is 1. The predicted octanol–water partition coefficient (Wildman–Crippen LogP) is 2.41. The molecule has 4 heterocycles. The highest BCUT2D eigenvalue weighted by atomic mass is 32.2. The molecule has 1 saturated carbocycles. The van der Waals surface area contributed by atoms with Crippen LogP contribution in [0.3, 0.4) is 0 Å². The van der Waals surface area contributed by atoms with Gasteiger partial charge in [-0.3, -0.25) is 8.89 Å². The molecule has 1 aliphatic carbocycles. The highest BCUT2D eigenvalue weighted by Gasteiger charge is 2.55. The lowest BCUT2D eigenvalue weighted by Gasteiger charge is -2.51. The molecule has 30 heavy (non-hydrogen) atoms. The smallest absolute Gasteiger partial charge is 0.137 e. The molecule has 1 unspecified atom stereocenters. The molecular formula is C21H21N7OS. The zero-order valence-electron chi connectivity index (χ0n) is 16.6. The molecule has 1 saturated heterocycles. The Balaban J connectivity index is 1.52. The number of rotatable bonds is 5. The SMILES string of the molecule is C=S(=O)(N1CC(CC#N)(n2cc(-c3c(C#N)cnc4[nH]ccc34)cn2)C1)C1(C)CC1. The van der Waals surface area contributed by atoms with E-state index in [1.807, 2.05) is 23.5 Å². The molecule has 0 bridgehead atoms. The summed E-state index contributed by atoms with van der Waals surface area (Å²) in [4.78, 5) is 7.35.